The van der Waals surface area contributed by atoms with Crippen molar-refractivity contribution in [3.63, 3.8) is 0 Å². The summed E-state index contributed by atoms with van der Waals surface area (Å²) >= 11 is 0. The van der Waals surface area contributed by atoms with Gasteiger partial charge in [-0.05, 0) is 68.1 Å². The van der Waals surface area contributed by atoms with E-state index in [0.717, 1.165) is 66.5 Å². The van der Waals surface area contributed by atoms with Gasteiger partial charge in [-0.2, -0.15) is 0 Å². The molecule has 1 saturated heterocycles. The lowest BCUT2D eigenvalue weighted by Crippen LogP contribution is -2.43. The standard InChI is InChI=1S/C31H35N5O3/c32-31(15-4-16-31)24-11-9-23(10-12-24)29-26(22-5-2-1-3-6-22)20-27(34-35-29)33-28(37)19-21-7-13-25(14-8-21)36-17-18-39-30(36)38/h1-3,5-6,9-12,20-21,25H,4,7-8,13-19,32H2,(H,33,34,37)/t21-,25-. The van der Waals surface area contributed by atoms with Gasteiger partial charge < -0.3 is 20.7 Å². The number of carbonyl (C=O) groups excluding carboxylic acids is 2. The van der Waals surface area contributed by atoms with E-state index in [-0.39, 0.29) is 23.6 Å². The highest BCUT2D eigenvalue weighted by atomic mass is 16.6. The second-order valence-corrected chi connectivity index (χ2v) is 11.2. The first-order valence-corrected chi connectivity index (χ1v) is 14.0. The van der Waals surface area contributed by atoms with Crippen molar-refractivity contribution in [2.75, 3.05) is 18.5 Å². The molecule has 3 fully saturated rings. The highest BCUT2D eigenvalue weighted by Crippen LogP contribution is 2.40. The number of hydrogen-bond donors (Lipinski definition) is 2. The number of benzene rings is 2. The van der Waals surface area contributed by atoms with Crippen LogP contribution in [0.15, 0.2) is 60.7 Å². The van der Waals surface area contributed by atoms with Crippen molar-refractivity contribution in [3.8, 4) is 22.4 Å². The van der Waals surface area contributed by atoms with Crippen LogP contribution in [0.1, 0.15) is 56.9 Å². The molecule has 0 bridgehead atoms. The molecule has 8 heteroatoms. The number of cyclic esters (lactones) is 1. The maximum absolute atomic E-state index is 13.0. The molecule has 2 saturated carbocycles. The van der Waals surface area contributed by atoms with Crippen LogP contribution in [0.2, 0.25) is 0 Å². The Balaban J connectivity index is 1.15. The molecule has 2 aliphatic carbocycles. The molecule has 0 unspecified atom stereocenters. The summed E-state index contributed by atoms with van der Waals surface area (Å²) in [6.07, 6.45) is 7.09. The van der Waals surface area contributed by atoms with Crippen LogP contribution in [-0.2, 0) is 15.1 Å². The van der Waals surface area contributed by atoms with Crippen LogP contribution < -0.4 is 11.1 Å². The normalized spacial score (nSPS) is 22.2. The molecule has 8 nitrogen and oxygen atoms in total. The molecule has 3 aliphatic rings. The average Bonchev–Trinajstić information content (AvgIpc) is 3.38. The van der Waals surface area contributed by atoms with Crippen LogP contribution >= 0.6 is 0 Å². The molecule has 3 N–H and O–H groups in total. The number of ether oxygens (including phenoxy) is 1. The molecule has 39 heavy (non-hydrogen) atoms. The molecular formula is C31H35N5O3. The van der Waals surface area contributed by atoms with E-state index in [1.165, 1.54) is 6.42 Å². The molecule has 2 aromatic carbocycles. The summed E-state index contributed by atoms with van der Waals surface area (Å²) in [7, 11) is 0. The van der Waals surface area contributed by atoms with Crippen molar-refractivity contribution in [1.29, 1.82) is 0 Å². The van der Waals surface area contributed by atoms with Gasteiger partial charge in [0.05, 0.1) is 6.54 Å². The molecular weight excluding hydrogens is 490 g/mol. The fourth-order valence-corrected chi connectivity index (χ4v) is 6.16. The number of anilines is 1. The predicted octanol–water partition coefficient (Wildman–Crippen LogP) is 5.49. The molecule has 0 atom stereocenters. The lowest BCUT2D eigenvalue weighted by molar-refractivity contribution is -0.117. The van der Waals surface area contributed by atoms with Gasteiger partial charge in [-0.25, -0.2) is 4.79 Å². The van der Waals surface area contributed by atoms with Crippen LogP contribution in [0.5, 0.6) is 0 Å². The predicted molar refractivity (Wildman–Crippen MR) is 150 cm³/mol. The second-order valence-electron chi connectivity index (χ2n) is 11.2. The SMILES string of the molecule is NC1(c2ccc(-c3nnc(NC(=O)C[C@H]4CC[C@H](N5CCOC5=O)CC4)cc3-c3ccccc3)cc2)CCC1. The fourth-order valence-electron chi connectivity index (χ4n) is 6.16. The summed E-state index contributed by atoms with van der Waals surface area (Å²) in [5.74, 6) is 0.682. The van der Waals surface area contributed by atoms with Gasteiger partial charge in [-0.15, -0.1) is 10.2 Å². The molecule has 1 aliphatic heterocycles. The quantitative estimate of drug-likeness (QED) is 0.422. The molecule has 0 radical (unpaired) electrons. The number of nitrogens with two attached hydrogens (primary N) is 1. The number of nitrogens with zero attached hydrogens (tertiary/aromatic N) is 3. The molecule has 202 valence electrons. The van der Waals surface area contributed by atoms with Crippen molar-refractivity contribution in [2.24, 2.45) is 11.7 Å². The van der Waals surface area contributed by atoms with Crippen LogP contribution in [0.4, 0.5) is 10.6 Å². The van der Waals surface area contributed by atoms with Gasteiger partial charge in [-0.3, -0.25) is 4.79 Å². The Morgan fingerprint density at radius 1 is 1.00 bits per heavy atom. The van der Waals surface area contributed by atoms with Crippen LogP contribution in [0.25, 0.3) is 22.4 Å². The Hall–Kier alpha value is -3.78. The number of nitrogens with one attached hydrogen (secondary N) is 1. The Morgan fingerprint density at radius 3 is 2.38 bits per heavy atom. The largest absolute Gasteiger partial charge is 0.448 e. The Labute approximate surface area is 228 Å². The first-order chi connectivity index (χ1) is 19.0. The van der Waals surface area contributed by atoms with E-state index >= 15 is 0 Å². The number of aromatic nitrogens is 2. The average molecular weight is 526 g/mol. The van der Waals surface area contributed by atoms with Gasteiger partial charge in [0.25, 0.3) is 0 Å². The van der Waals surface area contributed by atoms with Crippen molar-refractivity contribution in [3.05, 3.63) is 66.2 Å². The third-order valence-electron chi connectivity index (χ3n) is 8.65. The molecule has 2 amide bonds. The molecule has 3 aromatic rings. The lowest BCUT2D eigenvalue weighted by Gasteiger charge is -2.38. The molecule has 0 spiro atoms. The zero-order chi connectivity index (χ0) is 26.8. The lowest BCUT2D eigenvalue weighted by atomic mass is 9.72. The molecule has 1 aromatic heterocycles. The van der Waals surface area contributed by atoms with Crippen LogP contribution in [-0.4, -0.2) is 46.3 Å². The van der Waals surface area contributed by atoms with Crippen molar-refractivity contribution in [1.82, 2.24) is 15.1 Å². The molecule has 6 rings (SSSR count). The van der Waals surface area contributed by atoms with E-state index < -0.39 is 0 Å². The van der Waals surface area contributed by atoms with Gasteiger partial charge in [0, 0.05) is 29.1 Å². The highest BCUT2D eigenvalue weighted by molar-refractivity contribution is 5.91. The molecule has 2 heterocycles. The van der Waals surface area contributed by atoms with E-state index in [9.17, 15) is 9.59 Å². The van der Waals surface area contributed by atoms with Crippen LogP contribution in [0, 0.1) is 5.92 Å². The third kappa shape index (κ3) is 5.39. The highest BCUT2D eigenvalue weighted by Gasteiger charge is 2.35. The topological polar surface area (TPSA) is 110 Å². The minimum absolute atomic E-state index is 0.0572. The summed E-state index contributed by atoms with van der Waals surface area (Å²) in [5.41, 5.74) is 11.1. The van der Waals surface area contributed by atoms with E-state index in [4.69, 9.17) is 10.5 Å². The number of carbonyl (C=O) groups is 2. The third-order valence-corrected chi connectivity index (χ3v) is 8.65. The van der Waals surface area contributed by atoms with Crippen molar-refractivity contribution < 1.29 is 14.3 Å². The number of amides is 2. The summed E-state index contributed by atoms with van der Waals surface area (Å²) in [6, 6.07) is 20.5. The van der Waals surface area contributed by atoms with Gasteiger partial charge in [0.1, 0.15) is 12.3 Å². The zero-order valence-corrected chi connectivity index (χ0v) is 22.1. The second kappa shape index (κ2) is 10.8. The summed E-state index contributed by atoms with van der Waals surface area (Å²) < 4.78 is 5.09. The Morgan fingerprint density at radius 2 is 1.74 bits per heavy atom. The van der Waals surface area contributed by atoms with E-state index in [0.29, 0.717) is 31.3 Å². The minimum Gasteiger partial charge on any atom is -0.448 e. The summed E-state index contributed by atoms with van der Waals surface area (Å²) in [5, 5.41) is 11.9. The zero-order valence-electron chi connectivity index (χ0n) is 22.1. The summed E-state index contributed by atoms with van der Waals surface area (Å²) in [4.78, 5) is 26.7. The maximum atomic E-state index is 13.0. The Bertz CT molecular complexity index is 1330. The van der Waals surface area contributed by atoms with Gasteiger partial charge >= 0.3 is 6.09 Å². The van der Waals surface area contributed by atoms with E-state index in [1.807, 2.05) is 41.3 Å². The monoisotopic (exact) mass is 525 g/mol. The number of rotatable bonds is 7. The first kappa shape index (κ1) is 25.5. The van der Waals surface area contributed by atoms with Crippen molar-refractivity contribution in [2.45, 2.75) is 62.9 Å². The van der Waals surface area contributed by atoms with E-state index in [2.05, 4.69) is 39.8 Å². The van der Waals surface area contributed by atoms with Gasteiger partial charge in [-0.1, -0.05) is 54.6 Å². The van der Waals surface area contributed by atoms with Gasteiger partial charge in [0.15, 0.2) is 5.82 Å². The smallest absolute Gasteiger partial charge is 0.410 e. The van der Waals surface area contributed by atoms with Crippen molar-refractivity contribution >= 4 is 17.8 Å². The van der Waals surface area contributed by atoms with E-state index in [1.54, 1.807) is 0 Å². The first-order valence-electron chi connectivity index (χ1n) is 14.0. The summed E-state index contributed by atoms with van der Waals surface area (Å²) in [6.45, 7) is 1.15. The Kier molecular flexibility index (Phi) is 7.04. The van der Waals surface area contributed by atoms with Crippen LogP contribution in [0.3, 0.4) is 0 Å². The maximum Gasteiger partial charge on any atom is 0.410 e. The van der Waals surface area contributed by atoms with Gasteiger partial charge in [0.2, 0.25) is 5.91 Å². The minimum atomic E-state index is -0.208. The fraction of sp³-hybridized carbons (Fsp3) is 0.419. The number of hydrogen-bond acceptors (Lipinski definition) is 6.